The third-order valence-corrected chi connectivity index (χ3v) is 3.40. The highest BCUT2D eigenvalue weighted by atomic mass is 15.2. The van der Waals surface area contributed by atoms with Gasteiger partial charge >= 0.3 is 0 Å². The summed E-state index contributed by atoms with van der Waals surface area (Å²) in [6.07, 6.45) is 2.41. The molecule has 5 heteroatoms. The van der Waals surface area contributed by atoms with Crippen LogP contribution in [0.4, 0.5) is 0 Å². The number of nitrogens with one attached hydrogen (secondary N) is 1. The Morgan fingerprint density at radius 3 is 2.79 bits per heavy atom. The summed E-state index contributed by atoms with van der Waals surface area (Å²) < 4.78 is 0. The van der Waals surface area contributed by atoms with Gasteiger partial charge in [-0.15, -0.1) is 0 Å². The second-order valence-electron chi connectivity index (χ2n) is 5.90. The van der Waals surface area contributed by atoms with Gasteiger partial charge in [-0.05, 0) is 45.4 Å². The zero-order valence-corrected chi connectivity index (χ0v) is 12.9. The average Bonchev–Trinajstić information content (AvgIpc) is 2.57. The van der Waals surface area contributed by atoms with Crippen molar-refractivity contribution in [2.75, 3.05) is 52.9 Å². The molecule has 1 fully saturated rings. The van der Waals surface area contributed by atoms with Gasteiger partial charge < -0.3 is 20.9 Å². The fraction of sp³-hybridized carbons (Fsp3) is 0.929. The van der Waals surface area contributed by atoms with E-state index in [4.69, 9.17) is 5.73 Å². The number of nitrogens with two attached hydrogens (primary N) is 1. The Bertz CT molecular complexity index is 265. The number of likely N-dealkylation sites (N-methyl/N-ethyl adjacent to an activating group) is 1. The van der Waals surface area contributed by atoms with E-state index in [0.717, 1.165) is 26.1 Å². The van der Waals surface area contributed by atoms with Crippen LogP contribution >= 0.6 is 0 Å². The maximum Gasteiger partial charge on any atom is 0.188 e. The minimum atomic E-state index is 0.564. The number of guanidine groups is 1. The van der Waals surface area contributed by atoms with Crippen LogP contribution in [0, 0.1) is 5.92 Å². The highest BCUT2D eigenvalue weighted by molar-refractivity contribution is 5.77. The van der Waals surface area contributed by atoms with Gasteiger partial charge in [-0.1, -0.05) is 13.8 Å². The van der Waals surface area contributed by atoms with Crippen molar-refractivity contribution in [3.8, 4) is 0 Å². The van der Waals surface area contributed by atoms with Gasteiger partial charge in [-0.25, -0.2) is 0 Å². The number of nitrogens with zero attached hydrogens (tertiary/aromatic N) is 3. The zero-order chi connectivity index (χ0) is 14.1. The number of hydrogen-bond acceptors (Lipinski definition) is 3. The maximum atomic E-state index is 5.80. The van der Waals surface area contributed by atoms with Crippen LogP contribution in [0.15, 0.2) is 4.99 Å². The monoisotopic (exact) mass is 269 g/mol. The summed E-state index contributed by atoms with van der Waals surface area (Å²) in [7, 11) is 2.21. The molecule has 0 radical (unpaired) electrons. The molecule has 0 saturated carbocycles. The Morgan fingerprint density at radius 2 is 2.05 bits per heavy atom. The van der Waals surface area contributed by atoms with E-state index in [1.165, 1.54) is 32.6 Å². The van der Waals surface area contributed by atoms with E-state index < -0.39 is 0 Å². The normalized spacial score (nSPS) is 19.7. The van der Waals surface area contributed by atoms with Crippen molar-refractivity contribution in [1.29, 1.82) is 0 Å². The van der Waals surface area contributed by atoms with Crippen LogP contribution < -0.4 is 11.1 Å². The van der Waals surface area contributed by atoms with E-state index >= 15 is 0 Å². The Kier molecular flexibility index (Phi) is 7.82. The van der Waals surface area contributed by atoms with Crippen LogP contribution in [0.3, 0.4) is 0 Å². The predicted octanol–water partition coefficient (Wildman–Crippen LogP) is 0.574. The fourth-order valence-electron chi connectivity index (χ4n) is 2.18. The van der Waals surface area contributed by atoms with E-state index in [1.54, 1.807) is 0 Å². The van der Waals surface area contributed by atoms with Crippen LogP contribution in [-0.2, 0) is 0 Å². The molecule has 0 aromatic heterocycles. The third-order valence-electron chi connectivity index (χ3n) is 3.40. The molecule has 1 saturated heterocycles. The lowest BCUT2D eigenvalue weighted by molar-refractivity contribution is 0.274. The Balaban J connectivity index is 2.08. The molecule has 0 amide bonds. The number of hydrogen-bond donors (Lipinski definition) is 2. The second kappa shape index (κ2) is 9.15. The van der Waals surface area contributed by atoms with Gasteiger partial charge in [0.05, 0.1) is 0 Å². The molecule has 0 atom stereocenters. The molecule has 112 valence electrons. The molecular weight excluding hydrogens is 238 g/mol. The summed E-state index contributed by atoms with van der Waals surface area (Å²) in [6.45, 7) is 12.0. The Labute approximate surface area is 118 Å². The van der Waals surface area contributed by atoms with Crippen molar-refractivity contribution in [2.24, 2.45) is 16.6 Å². The molecule has 0 spiro atoms. The van der Waals surface area contributed by atoms with E-state index in [-0.39, 0.29) is 0 Å². The molecular formula is C14H31N5. The highest BCUT2D eigenvalue weighted by Gasteiger charge is 2.10. The Hall–Kier alpha value is -0.810. The maximum absolute atomic E-state index is 5.80. The van der Waals surface area contributed by atoms with Crippen molar-refractivity contribution >= 4 is 5.96 Å². The van der Waals surface area contributed by atoms with Crippen LogP contribution in [0.25, 0.3) is 0 Å². The van der Waals surface area contributed by atoms with Gasteiger partial charge in [0.1, 0.15) is 0 Å². The summed E-state index contributed by atoms with van der Waals surface area (Å²) in [5.41, 5.74) is 5.80. The van der Waals surface area contributed by atoms with E-state index in [1.807, 2.05) is 0 Å². The minimum Gasteiger partial charge on any atom is -0.370 e. The lowest BCUT2D eigenvalue weighted by atomic mass is 10.2. The lowest BCUT2D eigenvalue weighted by Crippen LogP contribution is -2.35. The van der Waals surface area contributed by atoms with Gasteiger partial charge in [0.15, 0.2) is 5.96 Å². The smallest absolute Gasteiger partial charge is 0.188 e. The molecule has 0 aliphatic carbocycles. The van der Waals surface area contributed by atoms with Crippen molar-refractivity contribution in [3.63, 3.8) is 0 Å². The van der Waals surface area contributed by atoms with Gasteiger partial charge in [-0.2, -0.15) is 0 Å². The van der Waals surface area contributed by atoms with E-state index in [0.29, 0.717) is 11.9 Å². The molecule has 1 aliphatic heterocycles. The molecule has 1 heterocycles. The Morgan fingerprint density at radius 1 is 1.26 bits per heavy atom. The summed E-state index contributed by atoms with van der Waals surface area (Å²) in [6, 6.07) is 0. The van der Waals surface area contributed by atoms with Gasteiger partial charge in [0.25, 0.3) is 0 Å². The first-order chi connectivity index (χ1) is 9.08. The van der Waals surface area contributed by atoms with Crippen molar-refractivity contribution in [1.82, 2.24) is 15.1 Å². The lowest BCUT2D eigenvalue weighted by Gasteiger charge is -2.20. The summed E-state index contributed by atoms with van der Waals surface area (Å²) in [4.78, 5) is 9.26. The first kappa shape index (κ1) is 16.2. The predicted molar refractivity (Wildman–Crippen MR) is 82.5 cm³/mol. The number of rotatable bonds is 6. The minimum absolute atomic E-state index is 0.564. The van der Waals surface area contributed by atoms with E-state index in [9.17, 15) is 0 Å². The molecule has 1 rings (SSSR count). The summed E-state index contributed by atoms with van der Waals surface area (Å²) in [5.74, 6) is 1.15. The average molecular weight is 269 g/mol. The van der Waals surface area contributed by atoms with Crippen LogP contribution in [0.5, 0.6) is 0 Å². The topological polar surface area (TPSA) is 56.9 Å². The van der Waals surface area contributed by atoms with Crippen LogP contribution in [0.2, 0.25) is 0 Å². The molecule has 3 N–H and O–H groups in total. The number of aliphatic imine (C=N–C) groups is 1. The zero-order valence-electron chi connectivity index (χ0n) is 12.9. The first-order valence-electron chi connectivity index (χ1n) is 7.52. The molecule has 19 heavy (non-hydrogen) atoms. The molecule has 1 aliphatic rings. The second-order valence-corrected chi connectivity index (χ2v) is 5.90. The third kappa shape index (κ3) is 8.06. The first-order valence-corrected chi connectivity index (χ1v) is 7.52. The quantitative estimate of drug-likeness (QED) is 0.421. The largest absolute Gasteiger partial charge is 0.370 e. The van der Waals surface area contributed by atoms with Crippen molar-refractivity contribution in [2.45, 2.75) is 26.7 Å². The van der Waals surface area contributed by atoms with Crippen LogP contribution in [-0.4, -0.2) is 68.6 Å². The molecule has 0 aromatic rings. The highest BCUT2D eigenvalue weighted by Crippen LogP contribution is 2.01. The molecule has 0 aromatic carbocycles. The molecule has 5 nitrogen and oxygen atoms in total. The van der Waals surface area contributed by atoms with Gasteiger partial charge in [0.2, 0.25) is 0 Å². The fourth-order valence-corrected chi connectivity index (χ4v) is 2.18. The molecule has 0 unspecified atom stereocenters. The van der Waals surface area contributed by atoms with Gasteiger partial charge in [0, 0.05) is 26.2 Å². The summed E-state index contributed by atoms with van der Waals surface area (Å²) >= 11 is 0. The van der Waals surface area contributed by atoms with Crippen LogP contribution in [0.1, 0.15) is 26.7 Å². The standard InChI is InChI=1S/C14H31N5/c1-13(2)12-17-14(15)16-6-4-8-19-9-5-7-18(3)10-11-19/h13H,4-12H2,1-3H3,(H3,15,16,17). The van der Waals surface area contributed by atoms with Crippen molar-refractivity contribution < 1.29 is 0 Å². The van der Waals surface area contributed by atoms with Crippen molar-refractivity contribution in [3.05, 3.63) is 0 Å². The molecule has 0 bridgehead atoms. The van der Waals surface area contributed by atoms with Gasteiger partial charge in [-0.3, -0.25) is 4.99 Å². The SMILES string of the molecule is CC(C)CN=C(N)NCCCN1CCCN(C)CC1. The summed E-state index contributed by atoms with van der Waals surface area (Å²) in [5, 5.41) is 3.19. The van der Waals surface area contributed by atoms with E-state index in [2.05, 4.69) is 41.0 Å².